The van der Waals surface area contributed by atoms with Crippen LogP contribution in [0.25, 0.3) is 0 Å². The normalized spacial score (nSPS) is 24.7. The predicted octanol–water partition coefficient (Wildman–Crippen LogP) is 2.18. The van der Waals surface area contributed by atoms with E-state index in [9.17, 15) is 10.1 Å². The molecule has 2 fully saturated rings. The maximum absolute atomic E-state index is 12.4. The average molecular weight is 327 g/mol. The Morgan fingerprint density at radius 2 is 2.12 bits per heavy atom. The van der Waals surface area contributed by atoms with Gasteiger partial charge in [-0.1, -0.05) is 30.3 Å². The number of ether oxygens (including phenoxy) is 1. The summed E-state index contributed by atoms with van der Waals surface area (Å²) in [6, 6.07) is 12.3. The van der Waals surface area contributed by atoms with Crippen molar-refractivity contribution >= 4 is 5.91 Å². The number of hydrogen-bond acceptors (Lipinski definition) is 4. The smallest absolute Gasteiger partial charge is 0.222 e. The van der Waals surface area contributed by atoms with E-state index in [1.54, 1.807) is 0 Å². The molecule has 3 rings (SSSR count). The number of piperazine rings is 1. The molecule has 1 aromatic carbocycles. The zero-order valence-corrected chi connectivity index (χ0v) is 14.1. The third kappa shape index (κ3) is 4.34. The highest BCUT2D eigenvalue weighted by molar-refractivity contribution is 5.76. The van der Waals surface area contributed by atoms with Crippen LogP contribution in [0.2, 0.25) is 0 Å². The van der Waals surface area contributed by atoms with E-state index < -0.39 is 0 Å². The number of amides is 1. The molecule has 128 valence electrons. The summed E-state index contributed by atoms with van der Waals surface area (Å²) in [4.78, 5) is 16.4. The molecule has 5 nitrogen and oxygen atoms in total. The fourth-order valence-electron chi connectivity index (χ4n) is 3.49. The van der Waals surface area contributed by atoms with Crippen molar-refractivity contribution in [3.8, 4) is 6.07 Å². The zero-order valence-electron chi connectivity index (χ0n) is 14.1. The van der Waals surface area contributed by atoms with E-state index in [4.69, 9.17) is 4.74 Å². The highest BCUT2D eigenvalue weighted by atomic mass is 16.5. The zero-order chi connectivity index (χ0) is 16.8. The van der Waals surface area contributed by atoms with Gasteiger partial charge >= 0.3 is 0 Å². The molecule has 2 aliphatic rings. The lowest BCUT2D eigenvalue weighted by molar-refractivity contribution is -0.134. The first-order chi connectivity index (χ1) is 11.8. The van der Waals surface area contributed by atoms with E-state index in [0.29, 0.717) is 19.5 Å². The van der Waals surface area contributed by atoms with Gasteiger partial charge in [0.25, 0.3) is 0 Å². The standard InChI is InChI=1S/C19H25N3O2/c20-13-17-15-22(19(23)9-8-18-7-4-12-24-18)11-10-21(17)14-16-5-2-1-3-6-16/h1-3,5-6,17-18H,4,7-12,14-15H2/t17-,18+/m0/s1. The van der Waals surface area contributed by atoms with Gasteiger partial charge in [0, 0.05) is 39.2 Å². The second-order valence-electron chi connectivity index (χ2n) is 6.61. The molecular weight excluding hydrogens is 302 g/mol. The number of carbonyl (C=O) groups excluding carboxylic acids is 1. The Morgan fingerprint density at radius 1 is 1.29 bits per heavy atom. The van der Waals surface area contributed by atoms with E-state index in [2.05, 4.69) is 23.1 Å². The largest absolute Gasteiger partial charge is 0.378 e. The molecule has 0 aromatic heterocycles. The van der Waals surface area contributed by atoms with Crippen LogP contribution in [0.4, 0.5) is 0 Å². The molecule has 0 aliphatic carbocycles. The summed E-state index contributed by atoms with van der Waals surface area (Å²) < 4.78 is 5.59. The molecule has 1 amide bonds. The molecule has 5 heteroatoms. The maximum Gasteiger partial charge on any atom is 0.222 e. The lowest BCUT2D eigenvalue weighted by atomic mass is 10.1. The fraction of sp³-hybridized carbons (Fsp3) is 0.579. The van der Waals surface area contributed by atoms with Crippen LogP contribution in [0.3, 0.4) is 0 Å². The van der Waals surface area contributed by atoms with Crippen molar-refractivity contribution in [1.29, 1.82) is 5.26 Å². The Bertz CT molecular complexity index is 578. The van der Waals surface area contributed by atoms with Gasteiger partial charge in [-0.15, -0.1) is 0 Å². The Hall–Kier alpha value is -1.90. The maximum atomic E-state index is 12.4. The van der Waals surface area contributed by atoms with Gasteiger partial charge in [-0.25, -0.2) is 0 Å². The summed E-state index contributed by atoms with van der Waals surface area (Å²) in [7, 11) is 0. The van der Waals surface area contributed by atoms with Crippen LogP contribution < -0.4 is 0 Å². The highest BCUT2D eigenvalue weighted by Gasteiger charge is 2.29. The molecule has 1 aromatic rings. The second kappa shape index (κ2) is 8.27. The van der Waals surface area contributed by atoms with Gasteiger partial charge in [0.1, 0.15) is 6.04 Å². The van der Waals surface area contributed by atoms with Crippen LogP contribution >= 0.6 is 0 Å². The fourth-order valence-corrected chi connectivity index (χ4v) is 3.49. The van der Waals surface area contributed by atoms with E-state index in [1.165, 1.54) is 5.56 Å². The minimum Gasteiger partial charge on any atom is -0.378 e. The summed E-state index contributed by atoms with van der Waals surface area (Å²) in [5, 5.41) is 9.49. The summed E-state index contributed by atoms with van der Waals surface area (Å²) in [5.74, 6) is 0.158. The number of nitrogens with zero attached hydrogens (tertiary/aromatic N) is 3. The topological polar surface area (TPSA) is 56.6 Å². The molecule has 2 atom stereocenters. The molecular formula is C19H25N3O2. The van der Waals surface area contributed by atoms with Crippen molar-refractivity contribution in [3.05, 3.63) is 35.9 Å². The third-order valence-corrected chi connectivity index (χ3v) is 4.93. The molecule has 2 heterocycles. The van der Waals surface area contributed by atoms with E-state index in [0.717, 1.165) is 39.0 Å². The summed E-state index contributed by atoms with van der Waals surface area (Å²) in [6.45, 7) is 3.55. The van der Waals surface area contributed by atoms with Gasteiger partial charge in [-0.2, -0.15) is 5.26 Å². The average Bonchev–Trinajstić information content (AvgIpc) is 3.14. The highest BCUT2D eigenvalue weighted by Crippen LogP contribution is 2.19. The summed E-state index contributed by atoms with van der Waals surface area (Å²) in [5.41, 5.74) is 1.20. The van der Waals surface area contributed by atoms with Crippen LogP contribution in [0.5, 0.6) is 0 Å². The molecule has 24 heavy (non-hydrogen) atoms. The molecule has 0 N–H and O–H groups in total. The second-order valence-corrected chi connectivity index (χ2v) is 6.61. The third-order valence-electron chi connectivity index (χ3n) is 4.93. The molecule has 0 radical (unpaired) electrons. The van der Waals surface area contributed by atoms with Crippen LogP contribution in [0.1, 0.15) is 31.2 Å². The minimum atomic E-state index is -0.231. The van der Waals surface area contributed by atoms with Crippen molar-refractivity contribution in [2.24, 2.45) is 0 Å². The van der Waals surface area contributed by atoms with Gasteiger partial charge in [0.15, 0.2) is 0 Å². The summed E-state index contributed by atoms with van der Waals surface area (Å²) >= 11 is 0. The van der Waals surface area contributed by atoms with Gasteiger partial charge < -0.3 is 9.64 Å². The first-order valence-corrected chi connectivity index (χ1v) is 8.83. The molecule has 0 spiro atoms. The van der Waals surface area contributed by atoms with Gasteiger partial charge in [-0.3, -0.25) is 9.69 Å². The number of hydrogen-bond donors (Lipinski definition) is 0. The molecule has 0 saturated carbocycles. The van der Waals surface area contributed by atoms with Crippen molar-refractivity contribution in [3.63, 3.8) is 0 Å². The predicted molar refractivity (Wildman–Crippen MR) is 91.0 cm³/mol. The van der Waals surface area contributed by atoms with Crippen molar-refractivity contribution in [2.45, 2.75) is 44.4 Å². The quantitative estimate of drug-likeness (QED) is 0.832. The van der Waals surface area contributed by atoms with Crippen LogP contribution in [0.15, 0.2) is 30.3 Å². The first kappa shape index (κ1) is 16.9. The van der Waals surface area contributed by atoms with Crippen molar-refractivity contribution in [2.75, 3.05) is 26.2 Å². The van der Waals surface area contributed by atoms with E-state index in [-0.39, 0.29) is 18.1 Å². The number of benzene rings is 1. The summed E-state index contributed by atoms with van der Waals surface area (Å²) in [6.07, 6.45) is 3.76. The molecule has 2 aliphatic heterocycles. The monoisotopic (exact) mass is 327 g/mol. The Balaban J connectivity index is 1.50. The molecule has 2 saturated heterocycles. The number of rotatable bonds is 5. The molecule has 0 bridgehead atoms. The lowest BCUT2D eigenvalue weighted by Crippen LogP contribution is -2.53. The first-order valence-electron chi connectivity index (χ1n) is 8.83. The lowest BCUT2D eigenvalue weighted by Gasteiger charge is -2.38. The van der Waals surface area contributed by atoms with Crippen molar-refractivity contribution < 1.29 is 9.53 Å². The van der Waals surface area contributed by atoms with Gasteiger partial charge in [0.05, 0.1) is 12.2 Å². The Morgan fingerprint density at radius 3 is 2.83 bits per heavy atom. The molecule has 0 unspecified atom stereocenters. The van der Waals surface area contributed by atoms with E-state index in [1.807, 2.05) is 23.1 Å². The van der Waals surface area contributed by atoms with Crippen LogP contribution in [-0.4, -0.2) is 54.1 Å². The number of carbonyl (C=O) groups is 1. The van der Waals surface area contributed by atoms with Crippen LogP contribution in [0, 0.1) is 11.3 Å². The Labute approximate surface area is 143 Å². The van der Waals surface area contributed by atoms with Crippen molar-refractivity contribution in [1.82, 2.24) is 9.80 Å². The van der Waals surface area contributed by atoms with Gasteiger partial charge in [0.2, 0.25) is 5.91 Å². The number of nitriles is 1. The van der Waals surface area contributed by atoms with Crippen LogP contribution in [-0.2, 0) is 16.1 Å². The SMILES string of the molecule is N#C[C@H]1CN(C(=O)CC[C@H]2CCCO2)CCN1Cc1ccccc1. The van der Waals surface area contributed by atoms with E-state index >= 15 is 0 Å². The van der Waals surface area contributed by atoms with Gasteiger partial charge in [-0.05, 0) is 24.8 Å². The Kier molecular flexibility index (Phi) is 5.84. The minimum absolute atomic E-state index is 0.158.